The van der Waals surface area contributed by atoms with Gasteiger partial charge in [-0.1, -0.05) is 20.9 Å². The third-order valence-corrected chi connectivity index (χ3v) is 25.3. The molecule has 0 unspecified atom stereocenters. The summed E-state index contributed by atoms with van der Waals surface area (Å²) in [6, 6.07) is 81.6. The van der Waals surface area contributed by atoms with E-state index in [0.29, 0.717) is 32.0 Å². The van der Waals surface area contributed by atoms with E-state index in [2.05, 4.69) is 294 Å². The van der Waals surface area contributed by atoms with E-state index in [9.17, 15) is 0 Å². The van der Waals surface area contributed by atoms with Gasteiger partial charge in [-0.3, -0.25) is 0 Å². The molecule has 6 heteroatoms. The van der Waals surface area contributed by atoms with Crippen molar-refractivity contribution in [2.24, 2.45) is 0 Å². The fraction of sp³-hybridized carbons (Fsp3) is 0.0976. The summed E-state index contributed by atoms with van der Waals surface area (Å²) in [6.45, 7) is 12.3. The fourth-order valence-corrected chi connectivity index (χ4v) is 21.9. The molecule has 2 saturated heterocycles. The molecular formula is C82H72O2Os2P2-2. The van der Waals surface area contributed by atoms with Crippen molar-refractivity contribution in [3.63, 3.8) is 0 Å². The van der Waals surface area contributed by atoms with Crippen LogP contribution in [0, 0.1) is 45.9 Å². The third kappa shape index (κ3) is 16.2. The standard InChI is InChI=1S/C41H35OP.C39H29OP.2CH4.2Os/c1-4-17-34-26-28-35(29-27-34)18-15-16-19-37(30-38-32-42-31-36(38)5-2)33(3)43(39-20-9-6-10-21-39,40-22-11-7-12-23-40)41-24-13-8-14-25-41;1-4-33-24-26-34(27-25-33)16-14-15-17-35(28-36-30-40-29-31(36)2)32(3)41(37-18-8-5-9-19-37,38-20-10-6-11-21-38)39-22-12-7-13-23-39;;;;/h4,6-29H,31-32H2,1-2H3;1-2,5-27H,29-30H2;2*1H4;;/q2*-1;;;;/b17-4+,18-15+,19-16+,37-33?;16-14+,17-15+,35-32?;;;;. The first-order chi connectivity index (χ1) is 42.4. The van der Waals surface area contributed by atoms with Gasteiger partial charge in [-0.2, -0.15) is 0 Å². The first-order valence-corrected chi connectivity index (χ1v) is 34.4. The molecule has 2 aliphatic rings. The summed E-state index contributed by atoms with van der Waals surface area (Å²) in [5, 5.41) is 9.83. The molecule has 0 saturated carbocycles. The molecule has 0 atom stereocenters. The van der Waals surface area contributed by atoms with E-state index < -0.39 is 14.5 Å². The Balaban J connectivity index is 0.000000246. The zero-order chi connectivity index (χ0) is 59.8. The van der Waals surface area contributed by atoms with Crippen LogP contribution in [0.3, 0.4) is 0 Å². The second-order valence-electron chi connectivity index (χ2n) is 19.9. The Hall–Kier alpha value is -7.93. The van der Waals surface area contributed by atoms with Crippen LogP contribution in [0.25, 0.3) is 18.2 Å². The molecule has 10 rings (SSSR count). The van der Waals surface area contributed by atoms with Crippen LogP contribution in [0.2, 0.25) is 0 Å². The van der Waals surface area contributed by atoms with Gasteiger partial charge in [-0.05, 0) is 6.92 Å². The second-order valence-corrected chi connectivity index (χ2v) is 27.8. The number of ether oxygens (including phenoxy) is 2. The predicted molar refractivity (Wildman–Crippen MR) is 373 cm³/mol. The first kappa shape index (κ1) is 67.6. The van der Waals surface area contributed by atoms with Crippen LogP contribution in [0.4, 0.5) is 0 Å². The summed E-state index contributed by atoms with van der Waals surface area (Å²) in [4.78, 5) is 0. The summed E-state index contributed by atoms with van der Waals surface area (Å²) in [6.07, 6.45) is 37.3. The second kappa shape index (κ2) is 34.6. The van der Waals surface area contributed by atoms with Crippen molar-refractivity contribution in [3.05, 3.63) is 364 Å². The molecule has 440 valence electrons. The Labute approximate surface area is 546 Å². The van der Waals surface area contributed by atoms with Gasteiger partial charge in [0, 0.05) is 0 Å². The molecule has 0 spiro atoms. The molecule has 0 aromatic heterocycles. The van der Waals surface area contributed by atoms with Crippen molar-refractivity contribution >= 4 is 64.6 Å². The van der Waals surface area contributed by atoms with Gasteiger partial charge in [-0.15, -0.1) is 6.42 Å². The van der Waals surface area contributed by atoms with Crippen LogP contribution >= 0.6 is 14.5 Å². The molecule has 0 bridgehead atoms. The number of benzene rings is 8. The van der Waals surface area contributed by atoms with Crippen LogP contribution in [-0.2, 0) is 45.4 Å². The quantitative estimate of drug-likeness (QED) is 0.0391. The van der Waals surface area contributed by atoms with Crippen LogP contribution in [0.5, 0.6) is 0 Å². The molecule has 8 aromatic carbocycles. The average molecular weight is 1530 g/mol. The Bertz CT molecular complexity index is 3860. The van der Waals surface area contributed by atoms with Crippen molar-refractivity contribution in [1.29, 1.82) is 0 Å². The predicted octanol–water partition coefficient (Wildman–Crippen LogP) is 16.9. The molecule has 0 aliphatic carbocycles. The van der Waals surface area contributed by atoms with Gasteiger partial charge in [0.15, 0.2) is 0 Å². The van der Waals surface area contributed by atoms with Gasteiger partial charge in [0.25, 0.3) is 0 Å². The number of hydrogen-bond donors (Lipinski definition) is 0. The molecule has 8 aromatic rings. The zero-order valence-electron chi connectivity index (χ0n) is 48.1. The van der Waals surface area contributed by atoms with Gasteiger partial charge < -0.3 is 0 Å². The van der Waals surface area contributed by atoms with Crippen molar-refractivity contribution in [2.75, 3.05) is 26.4 Å². The molecule has 0 N–H and O–H groups in total. The minimum absolute atomic E-state index is 0. The normalized spacial score (nSPS) is 15.4. The summed E-state index contributed by atoms with van der Waals surface area (Å²) >= 11 is 3.53. The SMILES string of the molecule is C.C.C#Cc1ccc(/C=C/C=C/C([C-]=C2COCC2=[CH-])=C([C]#[Os])[P+](c2ccccc2)(c2ccccc2)c2ccccc2)cc1.C[C-]=C1COCC1=[C-]C(/C=C/C=C/c1ccc(/C=C/C)cc1)=C([C]#[Os])[P+](c1ccccc1)(c1ccccc1)c1ccccc1. The van der Waals surface area contributed by atoms with Crippen molar-refractivity contribution < 1.29 is 45.4 Å². The molecule has 2 nitrogen and oxygen atoms in total. The Morgan fingerprint density at radius 3 is 1.08 bits per heavy atom. The van der Waals surface area contributed by atoms with E-state index in [-0.39, 0.29) is 14.9 Å². The molecule has 0 radical (unpaired) electrons. The maximum absolute atomic E-state index is 6.37. The van der Waals surface area contributed by atoms with E-state index in [1.807, 2.05) is 44.2 Å². The molecular weight excluding hydrogens is 1460 g/mol. The van der Waals surface area contributed by atoms with E-state index in [1.54, 1.807) is 35.9 Å². The molecule has 0 amide bonds. The van der Waals surface area contributed by atoms with Crippen molar-refractivity contribution in [2.45, 2.75) is 28.7 Å². The fourth-order valence-electron chi connectivity index (χ4n) is 10.4. The van der Waals surface area contributed by atoms with Gasteiger partial charge in [0.1, 0.15) is 0 Å². The summed E-state index contributed by atoms with van der Waals surface area (Å²) in [5.74, 6) is 2.67. The first-order valence-electron chi connectivity index (χ1n) is 28.2. The van der Waals surface area contributed by atoms with Crippen LogP contribution < -0.4 is 31.8 Å². The van der Waals surface area contributed by atoms with E-state index in [0.717, 1.165) is 55.2 Å². The minimum atomic E-state index is -2.40. The number of terminal acetylenes is 1. The van der Waals surface area contributed by atoms with E-state index >= 15 is 0 Å². The summed E-state index contributed by atoms with van der Waals surface area (Å²) in [5.41, 5.74) is 9.93. The van der Waals surface area contributed by atoms with Crippen LogP contribution in [0.15, 0.2) is 317 Å². The van der Waals surface area contributed by atoms with Crippen LogP contribution in [0.1, 0.15) is 51.0 Å². The Kier molecular flexibility index (Phi) is 26.5. The molecule has 88 heavy (non-hydrogen) atoms. The number of hydrogen-bond acceptors (Lipinski definition) is 2. The monoisotopic (exact) mass is 1530 g/mol. The van der Waals surface area contributed by atoms with Gasteiger partial charge >= 0.3 is 516 Å². The Morgan fingerprint density at radius 2 is 0.761 bits per heavy atom. The van der Waals surface area contributed by atoms with Crippen molar-refractivity contribution in [1.82, 2.24) is 0 Å². The van der Waals surface area contributed by atoms with Gasteiger partial charge in [0.2, 0.25) is 0 Å². The van der Waals surface area contributed by atoms with Crippen LogP contribution in [-0.4, -0.2) is 26.4 Å². The third-order valence-electron chi connectivity index (χ3n) is 14.5. The molecule has 2 heterocycles. The summed E-state index contributed by atoms with van der Waals surface area (Å²) < 4.78 is 19.0. The van der Waals surface area contributed by atoms with Gasteiger partial charge in [0.05, 0.1) is 0 Å². The summed E-state index contributed by atoms with van der Waals surface area (Å²) in [7, 11) is -4.77. The molecule has 2 aliphatic heterocycles. The zero-order valence-corrected chi connectivity index (χ0v) is 55.0. The van der Waals surface area contributed by atoms with Crippen molar-refractivity contribution in [3.8, 4) is 21.1 Å². The molecule has 2 fully saturated rings. The maximum atomic E-state index is 6.37. The Morgan fingerprint density at radius 1 is 0.443 bits per heavy atom. The number of allylic oxidation sites excluding steroid dienone is 14. The van der Waals surface area contributed by atoms with E-state index in [1.165, 1.54) is 37.4 Å². The number of rotatable bonds is 17. The van der Waals surface area contributed by atoms with Gasteiger partial charge in [-0.25, -0.2) is 0 Å². The van der Waals surface area contributed by atoms with E-state index in [4.69, 9.17) is 22.5 Å². The average Bonchev–Trinajstić information content (AvgIpc) is 1.46. The topological polar surface area (TPSA) is 18.5 Å².